The van der Waals surface area contributed by atoms with Gasteiger partial charge in [-0.3, -0.25) is 4.79 Å². The molecule has 1 aliphatic heterocycles. The molecular formula is C22H25N3O4. The molecular weight excluding hydrogens is 370 g/mol. The molecule has 0 aliphatic carbocycles. The lowest BCUT2D eigenvalue weighted by Crippen LogP contribution is -2.46. The Morgan fingerprint density at radius 3 is 2.45 bits per heavy atom. The van der Waals surface area contributed by atoms with Gasteiger partial charge in [-0.25, -0.2) is 4.79 Å². The van der Waals surface area contributed by atoms with Crippen molar-refractivity contribution < 1.29 is 19.1 Å². The van der Waals surface area contributed by atoms with Crippen molar-refractivity contribution in [3.63, 3.8) is 0 Å². The summed E-state index contributed by atoms with van der Waals surface area (Å²) in [5.41, 5.74) is 4.45. The van der Waals surface area contributed by atoms with Crippen LogP contribution in [0.2, 0.25) is 0 Å². The van der Waals surface area contributed by atoms with Crippen LogP contribution in [0, 0.1) is 13.8 Å². The molecule has 3 rings (SSSR count). The quantitative estimate of drug-likeness (QED) is 0.722. The summed E-state index contributed by atoms with van der Waals surface area (Å²) in [5, 5.41) is 8.49. The van der Waals surface area contributed by atoms with Crippen molar-refractivity contribution in [3.05, 3.63) is 64.4 Å². The van der Waals surface area contributed by atoms with Crippen LogP contribution in [-0.2, 0) is 4.79 Å². The minimum atomic E-state index is -0.631. The topological polar surface area (TPSA) is 88.7 Å². The van der Waals surface area contributed by atoms with Crippen LogP contribution < -0.4 is 25.4 Å². The minimum Gasteiger partial charge on any atom is -0.493 e. The zero-order chi connectivity index (χ0) is 21.1. The number of methoxy groups -OCH3 is 2. The van der Waals surface area contributed by atoms with Crippen LogP contribution in [0.3, 0.4) is 0 Å². The SMILES string of the molecule is COc1ccc([C@@H]2NC(=O)NC(C)=C2C(=O)Nc2cccc(C)c2C)cc1OC. The number of nitrogens with one attached hydrogen (secondary N) is 3. The van der Waals surface area contributed by atoms with E-state index in [2.05, 4.69) is 16.0 Å². The molecule has 0 spiro atoms. The Morgan fingerprint density at radius 1 is 1.03 bits per heavy atom. The second-order valence-electron chi connectivity index (χ2n) is 6.89. The van der Waals surface area contributed by atoms with E-state index in [1.54, 1.807) is 32.2 Å². The molecule has 2 aromatic carbocycles. The molecule has 7 nitrogen and oxygen atoms in total. The van der Waals surface area contributed by atoms with Crippen LogP contribution >= 0.6 is 0 Å². The van der Waals surface area contributed by atoms with E-state index in [0.717, 1.165) is 16.8 Å². The highest BCUT2D eigenvalue weighted by Gasteiger charge is 2.32. The smallest absolute Gasteiger partial charge is 0.319 e. The summed E-state index contributed by atoms with van der Waals surface area (Å²) in [6.45, 7) is 5.66. The first-order valence-corrected chi connectivity index (χ1v) is 9.23. The van der Waals surface area contributed by atoms with Crippen molar-refractivity contribution in [2.75, 3.05) is 19.5 Å². The second-order valence-corrected chi connectivity index (χ2v) is 6.89. The first-order chi connectivity index (χ1) is 13.8. The maximum Gasteiger partial charge on any atom is 0.319 e. The molecule has 152 valence electrons. The number of aryl methyl sites for hydroxylation is 1. The van der Waals surface area contributed by atoms with Gasteiger partial charge < -0.3 is 25.4 Å². The number of hydrogen-bond donors (Lipinski definition) is 3. The van der Waals surface area contributed by atoms with E-state index >= 15 is 0 Å². The number of carbonyl (C=O) groups is 2. The van der Waals surface area contributed by atoms with E-state index in [-0.39, 0.29) is 11.9 Å². The van der Waals surface area contributed by atoms with Crippen LogP contribution in [0.15, 0.2) is 47.7 Å². The van der Waals surface area contributed by atoms with Gasteiger partial charge in [0, 0.05) is 11.4 Å². The highest BCUT2D eigenvalue weighted by atomic mass is 16.5. The van der Waals surface area contributed by atoms with Crippen LogP contribution in [0.25, 0.3) is 0 Å². The molecule has 2 aromatic rings. The fraction of sp³-hybridized carbons (Fsp3) is 0.273. The van der Waals surface area contributed by atoms with Gasteiger partial charge in [0.2, 0.25) is 0 Å². The first kappa shape index (κ1) is 20.3. The zero-order valence-corrected chi connectivity index (χ0v) is 17.2. The largest absolute Gasteiger partial charge is 0.493 e. The van der Waals surface area contributed by atoms with Crippen LogP contribution in [0.1, 0.15) is 29.7 Å². The van der Waals surface area contributed by atoms with Crippen molar-refractivity contribution in [2.24, 2.45) is 0 Å². The average Bonchev–Trinajstić information content (AvgIpc) is 2.70. The molecule has 0 bridgehead atoms. The predicted molar refractivity (Wildman–Crippen MR) is 111 cm³/mol. The van der Waals surface area contributed by atoms with E-state index < -0.39 is 6.04 Å². The van der Waals surface area contributed by atoms with Crippen LogP contribution in [0.5, 0.6) is 11.5 Å². The van der Waals surface area contributed by atoms with Gasteiger partial charge in [-0.05, 0) is 55.7 Å². The predicted octanol–water partition coefficient (Wildman–Crippen LogP) is 3.59. The van der Waals surface area contributed by atoms with Gasteiger partial charge in [0.1, 0.15) is 0 Å². The number of amides is 3. The zero-order valence-electron chi connectivity index (χ0n) is 17.2. The van der Waals surface area contributed by atoms with Gasteiger partial charge in [0.15, 0.2) is 11.5 Å². The summed E-state index contributed by atoms with van der Waals surface area (Å²) in [6, 6.07) is 10.0. The average molecular weight is 395 g/mol. The molecule has 0 unspecified atom stereocenters. The number of anilines is 1. The third kappa shape index (κ3) is 4.03. The standard InChI is InChI=1S/C22H25N3O4/c1-12-7-6-8-16(13(12)2)24-21(26)19-14(3)23-22(27)25-20(19)15-9-10-17(28-4)18(11-15)29-5/h6-11,20H,1-5H3,(H,24,26)(H2,23,25,27)/t20-/m0/s1. The molecule has 29 heavy (non-hydrogen) atoms. The molecule has 0 fully saturated rings. The highest BCUT2D eigenvalue weighted by Crippen LogP contribution is 2.34. The Hall–Kier alpha value is -3.48. The first-order valence-electron chi connectivity index (χ1n) is 9.23. The van der Waals surface area contributed by atoms with Crippen molar-refractivity contribution in [3.8, 4) is 11.5 Å². The number of carbonyl (C=O) groups excluding carboxylic acids is 2. The van der Waals surface area contributed by atoms with E-state index in [9.17, 15) is 9.59 Å². The molecule has 7 heteroatoms. The van der Waals surface area contributed by atoms with E-state index in [4.69, 9.17) is 9.47 Å². The molecule has 0 saturated heterocycles. The molecule has 3 amide bonds. The monoisotopic (exact) mass is 395 g/mol. The summed E-state index contributed by atoms with van der Waals surface area (Å²) in [6.07, 6.45) is 0. The fourth-order valence-electron chi connectivity index (χ4n) is 3.35. The molecule has 0 radical (unpaired) electrons. The highest BCUT2D eigenvalue weighted by molar-refractivity contribution is 6.07. The Balaban J connectivity index is 2.00. The molecule has 1 atom stereocenters. The molecule has 3 N–H and O–H groups in total. The normalized spacial score (nSPS) is 16.0. The lowest BCUT2D eigenvalue weighted by atomic mass is 9.94. The Bertz CT molecular complexity index is 998. The van der Waals surface area contributed by atoms with Gasteiger partial charge in [-0.1, -0.05) is 18.2 Å². The third-order valence-electron chi connectivity index (χ3n) is 5.11. The van der Waals surface area contributed by atoms with Gasteiger partial charge in [0.05, 0.1) is 25.8 Å². The second kappa shape index (κ2) is 8.26. The van der Waals surface area contributed by atoms with Crippen LogP contribution in [0.4, 0.5) is 10.5 Å². The number of urea groups is 1. The number of ether oxygens (including phenoxy) is 2. The van der Waals surface area contributed by atoms with Crippen molar-refractivity contribution in [1.82, 2.24) is 10.6 Å². The van der Waals surface area contributed by atoms with Crippen molar-refractivity contribution in [2.45, 2.75) is 26.8 Å². The lowest BCUT2D eigenvalue weighted by Gasteiger charge is -2.29. The van der Waals surface area contributed by atoms with Gasteiger partial charge in [-0.2, -0.15) is 0 Å². The summed E-state index contributed by atoms with van der Waals surface area (Å²) < 4.78 is 10.7. The van der Waals surface area contributed by atoms with E-state index in [0.29, 0.717) is 28.3 Å². The maximum absolute atomic E-state index is 13.2. The van der Waals surface area contributed by atoms with E-state index in [1.165, 1.54) is 7.11 Å². The lowest BCUT2D eigenvalue weighted by molar-refractivity contribution is -0.113. The van der Waals surface area contributed by atoms with Gasteiger partial charge >= 0.3 is 6.03 Å². The maximum atomic E-state index is 13.2. The van der Waals surface area contributed by atoms with Crippen molar-refractivity contribution in [1.29, 1.82) is 0 Å². The number of benzene rings is 2. The third-order valence-corrected chi connectivity index (χ3v) is 5.11. The minimum absolute atomic E-state index is 0.288. The fourth-order valence-corrected chi connectivity index (χ4v) is 3.35. The molecule has 0 aromatic heterocycles. The number of rotatable bonds is 5. The molecule has 1 aliphatic rings. The summed E-state index contributed by atoms with van der Waals surface area (Å²) in [5.74, 6) is 0.798. The summed E-state index contributed by atoms with van der Waals surface area (Å²) in [4.78, 5) is 25.3. The molecule has 0 saturated carbocycles. The Kier molecular flexibility index (Phi) is 5.77. The van der Waals surface area contributed by atoms with E-state index in [1.807, 2.05) is 32.0 Å². The Morgan fingerprint density at radius 2 is 1.76 bits per heavy atom. The van der Waals surface area contributed by atoms with Crippen molar-refractivity contribution >= 4 is 17.6 Å². The number of hydrogen-bond acceptors (Lipinski definition) is 4. The van der Waals surface area contributed by atoms with Crippen LogP contribution in [-0.4, -0.2) is 26.2 Å². The summed E-state index contributed by atoms with van der Waals surface area (Å²) in [7, 11) is 3.09. The summed E-state index contributed by atoms with van der Waals surface area (Å²) >= 11 is 0. The Labute approximate surface area is 170 Å². The number of allylic oxidation sites excluding steroid dienone is 1. The molecule has 1 heterocycles. The van der Waals surface area contributed by atoms with Gasteiger partial charge in [0.25, 0.3) is 5.91 Å². The van der Waals surface area contributed by atoms with Gasteiger partial charge in [-0.15, -0.1) is 0 Å².